The van der Waals surface area contributed by atoms with Crippen molar-refractivity contribution in [3.8, 4) is 17.2 Å². The summed E-state index contributed by atoms with van der Waals surface area (Å²) in [6.45, 7) is 4.34. The number of nitrogens with zero attached hydrogens (tertiary/aromatic N) is 2. The highest BCUT2D eigenvalue weighted by molar-refractivity contribution is 7.98. The highest BCUT2D eigenvalue weighted by Gasteiger charge is 2.30. The molecule has 1 aliphatic rings. The molecule has 0 spiro atoms. The van der Waals surface area contributed by atoms with E-state index in [-0.39, 0.29) is 28.8 Å². The Balaban J connectivity index is 1.54. The summed E-state index contributed by atoms with van der Waals surface area (Å²) in [6.07, 6.45) is 3.44. The van der Waals surface area contributed by atoms with E-state index in [0.29, 0.717) is 11.8 Å². The number of rotatable bonds is 9. The fraction of sp³-hybridized carbons (Fsp3) is 0.323. The molecule has 5 rings (SSSR count). The number of thioether (sulfide) groups is 1. The Morgan fingerprint density at radius 3 is 2.44 bits per heavy atom. The maximum absolute atomic E-state index is 14.9. The topological polar surface area (TPSA) is 36.3 Å². The van der Waals surface area contributed by atoms with Gasteiger partial charge >= 0.3 is 0 Å². The van der Waals surface area contributed by atoms with Gasteiger partial charge in [0.2, 0.25) is 0 Å². The molecule has 0 saturated carbocycles. The molecule has 204 valence electrons. The van der Waals surface area contributed by atoms with E-state index in [1.165, 1.54) is 36.0 Å². The van der Waals surface area contributed by atoms with Gasteiger partial charge in [0.1, 0.15) is 29.0 Å². The second-order valence-electron chi connectivity index (χ2n) is 9.71. The van der Waals surface area contributed by atoms with Crippen molar-refractivity contribution in [3.05, 3.63) is 100 Å². The SMILES string of the molecule is CCCOc1cc(F)c(CSc2nc3c(n2-c2ccc(F)cc2)C(c2ccc(OC)c(C)c2)CCC3)c(F)c1. The second-order valence-corrected chi connectivity index (χ2v) is 10.7. The monoisotopic (exact) mass is 552 g/mol. The fourth-order valence-corrected chi connectivity index (χ4v) is 6.20. The smallest absolute Gasteiger partial charge is 0.173 e. The van der Waals surface area contributed by atoms with E-state index in [0.717, 1.165) is 59.6 Å². The first kappa shape index (κ1) is 27.2. The Morgan fingerprint density at radius 1 is 1.03 bits per heavy atom. The lowest BCUT2D eigenvalue weighted by atomic mass is 9.83. The van der Waals surface area contributed by atoms with E-state index in [4.69, 9.17) is 14.5 Å². The quantitative estimate of drug-likeness (QED) is 0.196. The summed E-state index contributed by atoms with van der Waals surface area (Å²) in [4.78, 5) is 4.95. The van der Waals surface area contributed by atoms with Gasteiger partial charge in [0.25, 0.3) is 0 Å². The first-order valence-corrected chi connectivity index (χ1v) is 14.1. The molecule has 0 fully saturated rings. The van der Waals surface area contributed by atoms with Crippen molar-refractivity contribution < 1.29 is 22.6 Å². The van der Waals surface area contributed by atoms with Crippen molar-refractivity contribution in [1.29, 1.82) is 0 Å². The number of hydrogen-bond donors (Lipinski definition) is 0. The summed E-state index contributed by atoms with van der Waals surface area (Å²) in [5, 5.41) is 0.619. The fourth-order valence-electron chi connectivity index (χ4n) is 5.14. The van der Waals surface area contributed by atoms with Crippen molar-refractivity contribution in [2.45, 2.75) is 56.4 Å². The number of halogens is 3. The van der Waals surface area contributed by atoms with Gasteiger partial charge in [-0.05, 0) is 74.1 Å². The average Bonchev–Trinajstić information content (AvgIpc) is 3.30. The van der Waals surface area contributed by atoms with Gasteiger partial charge in [0, 0.05) is 35.1 Å². The van der Waals surface area contributed by atoms with Crippen LogP contribution >= 0.6 is 11.8 Å². The lowest BCUT2D eigenvalue weighted by molar-refractivity contribution is 0.313. The van der Waals surface area contributed by atoms with Crippen LogP contribution in [0.2, 0.25) is 0 Å². The van der Waals surface area contributed by atoms with Crippen LogP contribution < -0.4 is 9.47 Å². The van der Waals surface area contributed by atoms with E-state index >= 15 is 0 Å². The van der Waals surface area contributed by atoms with Crippen LogP contribution in [0.15, 0.2) is 59.8 Å². The molecule has 8 heteroatoms. The molecule has 1 unspecified atom stereocenters. The van der Waals surface area contributed by atoms with E-state index < -0.39 is 11.6 Å². The molecule has 1 aliphatic carbocycles. The van der Waals surface area contributed by atoms with Gasteiger partial charge in [-0.25, -0.2) is 18.2 Å². The minimum absolute atomic E-state index is 0.0298. The van der Waals surface area contributed by atoms with E-state index in [2.05, 4.69) is 12.1 Å². The Labute approximate surface area is 231 Å². The molecule has 4 nitrogen and oxygen atoms in total. The zero-order chi connectivity index (χ0) is 27.5. The van der Waals surface area contributed by atoms with Gasteiger partial charge in [0.05, 0.1) is 25.1 Å². The Bertz CT molecular complexity index is 1450. The minimum Gasteiger partial charge on any atom is -0.496 e. The van der Waals surface area contributed by atoms with Crippen molar-refractivity contribution in [1.82, 2.24) is 9.55 Å². The molecule has 0 amide bonds. The third-order valence-corrected chi connectivity index (χ3v) is 8.00. The molecule has 1 atom stereocenters. The summed E-state index contributed by atoms with van der Waals surface area (Å²) in [6, 6.07) is 14.9. The predicted molar refractivity (Wildman–Crippen MR) is 148 cm³/mol. The summed E-state index contributed by atoms with van der Waals surface area (Å²) in [5.41, 5.74) is 4.91. The van der Waals surface area contributed by atoms with Crippen LogP contribution in [-0.4, -0.2) is 23.3 Å². The number of imidazole rings is 1. The summed E-state index contributed by atoms with van der Waals surface area (Å²) >= 11 is 1.27. The third kappa shape index (κ3) is 5.66. The van der Waals surface area contributed by atoms with Gasteiger partial charge in [0.15, 0.2) is 5.16 Å². The van der Waals surface area contributed by atoms with Crippen LogP contribution in [0.1, 0.15) is 60.2 Å². The lowest BCUT2D eigenvalue weighted by Gasteiger charge is -2.26. The van der Waals surface area contributed by atoms with Crippen LogP contribution in [0.3, 0.4) is 0 Å². The van der Waals surface area contributed by atoms with E-state index in [1.807, 2.05) is 24.5 Å². The van der Waals surface area contributed by atoms with Gasteiger partial charge in [-0.15, -0.1) is 0 Å². The minimum atomic E-state index is -0.648. The number of aromatic nitrogens is 2. The van der Waals surface area contributed by atoms with Crippen LogP contribution in [0.4, 0.5) is 13.2 Å². The highest BCUT2D eigenvalue weighted by Crippen LogP contribution is 2.42. The number of methoxy groups -OCH3 is 1. The number of benzene rings is 3. The van der Waals surface area contributed by atoms with Crippen LogP contribution in [-0.2, 0) is 12.2 Å². The number of aryl methyl sites for hydroxylation is 2. The maximum atomic E-state index is 14.9. The number of hydrogen-bond acceptors (Lipinski definition) is 4. The molecule has 0 bridgehead atoms. The highest BCUT2D eigenvalue weighted by atomic mass is 32.2. The van der Waals surface area contributed by atoms with Crippen molar-refractivity contribution in [2.24, 2.45) is 0 Å². The molecule has 3 aromatic carbocycles. The molecule has 1 aromatic heterocycles. The molecule has 0 N–H and O–H groups in total. The first-order valence-electron chi connectivity index (χ1n) is 13.1. The maximum Gasteiger partial charge on any atom is 0.173 e. The predicted octanol–water partition coefficient (Wildman–Crippen LogP) is 8.16. The van der Waals surface area contributed by atoms with Gasteiger partial charge in [-0.3, -0.25) is 4.57 Å². The van der Waals surface area contributed by atoms with Crippen LogP contribution in [0.5, 0.6) is 11.5 Å². The van der Waals surface area contributed by atoms with Crippen molar-refractivity contribution in [3.63, 3.8) is 0 Å². The Hall–Kier alpha value is -3.39. The molecule has 1 heterocycles. The lowest BCUT2D eigenvalue weighted by Crippen LogP contribution is -2.15. The summed E-state index contributed by atoms with van der Waals surface area (Å²) in [7, 11) is 1.66. The molecule has 0 radical (unpaired) electrons. The number of fused-ring (bicyclic) bond motifs is 1. The van der Waals surface area contributed by atoms with E-state index in [1.54, 1.807) is 19.2 Å². The molecular formula is C31H31F3N2O2S. The van der Waals surface area contributed by atoms with Gasteiger partial charge < -0.3 is 9.47 Å². The first-order chi connectivity index (χ1) is 18.9. The summed E-state index contributed by atoms with van der Waals surface area (Å²) < 4.78 is 56.6. The van der Waals surface area contributed by atoms with Crippen LogP contribution in [0.25, 0.3) is 5.69 Å². The standard InChI is InChI=1S/C31H31F3N2O2S/c1-4-14-38-23-16-26(33)25(27(34)17-23)18-39-31-35-28-7-5-6-24(20-8-13-29(37-3)19(2)15-20)30(28)36(31)22-11-9-21(32)10-12-22/h8-13,15-17,24H,4-7,14,18H2,1-3H3. The Kier molecular flexibility index (Phi) is 8.21. The second kappa shape index (κ2) is 11.8. The molecule has 39 heavy (non-hydrogen) atoms. The number of ether oxygens (including phenoxy) is 2. The third-order valence-electron chi connectivity index (χ3n) is 7.03. The normalized spacial score (nSPS) is 14.8. The van der Waals surface area contributed by atoms with Gasteiger partial charge in [-0.1, -0.05) is 30.8 Å². The van der Waals surface area contributed by atoms with Crippen molar-refractivity contribution >= 4 is 11.8 Å². The molecule has 4 aromatic rings. The van der Waals surface area contributed by atoms with Crippen molar-refractivity contribution in [2.75, 3.05) is 13.7 Å². The zero-order valence-corrected chi connectivity index (χ0v) is 23.1. The molecular weight excluding hydrogens is 521 g/mol. The largest absolute Gasteiger partial charge is 0.496 e. The van der Waals surface area contributed by atoms with E-state index in [9.17, 15) is 13.2 Å². The molecule has 0 saturated heterocycles. The van der Waals surface area contributed by atoms with Gasteiger partial charge in [-0.2, -0.15) is 0 Å². The Morgan fingerprint density at radius 2 is 1.77 bits per heavy atom. The molecule has 0 aliphatic heterocycles. The van der Waals surface area contributed by atoms with Crippen LogP contribution in [0, 0.1) is 24.4 Å². The zero-order valence-electron chi connectivity index (χ0n) is 22.3. The summed E-state index contributed by atoms with van der Waals surface area (Å²) in [5.74, 6) is -0.508. The average molecular weight is 553 g/mol.